The molecule has 0 aliphatic rings. The van der Waals surface area contributed by atoms with E-state index in [0.29, 0.717) is 22.6 Å². The van der Waals surface area contributed by atoms with Gasteiger partial charge in [0.05, 0.1) is 5.39 Å². The van der Waals surface area contributed by atoms with Gasteiger partial charge in [-0.1, -0.05) is 0 Å². The molecule has 1 N–H and O–H groups in total. The van der Waals surface area contributed by atoms with Crippen molar-refractivity contribution in [3.05, 3.63) is 45.1 Å². The Morgan fingerprint density at radius 2 is 2.18 bits per heavy atom. The summed E-state index contributed by atoms with van der Waals surface area (Å²) < 4.78 is 2.82. The van der Waals surface area contributed by atoms with Crippen LogP contribution in [-0.4, -0.2) is 25.3 Å². The fraction of sp³-hybridized carbons (Fsp3) is 0.286. The van der Waals surface area contributed by atoms with E-state index in [0.717, 1.165) is 4.88 Å². The highest BCUT2D eigenvalue weighted by Gasteiger charge is 2.15. The average Bonchev–Trinajstić information content (AvgIpc) is 3.09. The molecule has 8 heteroatoms. The molecule has 0 spiro atoms. The number of nitrogens with one attached hydrogen (secondary N) is 1. The van der Waals surface area contributed by atoms with Gasteiger partial charge in [0.2, 0.25) is 0 Å². The molecular formula is C14H15N5O2S. The second kappa shape index (κ2) is 5.38. The average molecular weight is 317 g/mol. The minimum Gasteiger partial charge on any atom is -0.272 e. The molecule has 0 saturated carbocycles. The third kappa shape index (κ3) is 2.41. The van der Waals surface area contributed by atoms with E-state index in [2.05, 4.69) is 15.5 Å². The van der Waals surface area contributed by atoms with Crippen LogP contribution in [0.5, 0.6) is 0 Å². The van der Waals surface area contributed by atoms with Crippen LogP contribution < -0.4 is 11.0 Å². The van der Waals surface area contributed by atoms with Crippen LogP contribution in [0.1, 0.15) is 28.1 Å². The van der Waals surface area contributed by atoms with Crippen LogP contribution in [0.25, 0.3) is 10.2 Å². The molecule has 0 radical (unpaired) electrons. The molecule has 0 aliphatic carbocycles. The highest BCUT2D eigenvalue weighted by atomic mass is 32.1. The van der Waals surface area contributed by atoms with Gasteiger partial charge in [0.25, 0.3) is 11.5 Å². The van der Waals surface area contributed by atoms with Crippen LogP contribution in [0.2, 0.25) is 0 Å². The molecule has 3 rings (SSSR count). The maximum Gasteiger partial charge on any atom is 0.290 e. The van der Waals surface area contributed by atoms with Crippen molar-refractivity contribution in [1.82, 2.24) is 19.4 Å². The fourth-order valence-corrected chi connectivity index (χ4v) is 3.07. The molecule has 0 bridgehead atoms. The molecule has 114 valence electrons. The summed E-state index contributed by atoms with van der Waals surface area (Å²) in [7, 11) is 0. The van der Waals surface area contributed by atoms with Gasteiger partial charge < -0.3 is 0 Å². The zero-order valence-corrected chi connectivity index (χ0v) is 13.3. The van der Waals surface area contributed by atoms with Crippen LogP contribution in [0.15, 0.2) is 23.1 Å². The molecule has 0 atom stereocenters. The molecular weight excluding hydrogens is 302 g/mol. The molecule has 0 fully saturated rings. The van der Waals surface area contributed by atoms with Gasteiger partial charge in [0, 0.05) is 17.6 Å². The standard InChI is InChI=1S/C14H15N5O2S/c1-4-18-6-5-11(16-18)12(20)17-19-9(3)15-13-10(14(19)21)7-8(2)22-13/h5-7H,4H2,1-3H3,(H,17,20). The van der Waals surface area contributed by atoms with Crippen molar-refractivity contribution in [2.45, 2.75) is 27.3 Å². The number of nitrogens with zero attached hydrogens (tertiary/aromatic N) is 4. The quantitative estimate of drug-likeness (QED) is 0.797. The van der Waals surface area contributed by atoms with Crippen LogP contribution in [0, 0.1) is 13.8 Å². The number of amides is 1. The summed E-state index contributed by atoms with van der Waals surface area (Å²) in [6.45, 7) is 6.20. The zero-order valence-electron chi connectivity index (χ0n) is 12.5. The van der Waals surface area contributed by atoms with Crippen molar-refractivity contribution < 1.29 is 4.79 Å². The van der Waals surface area contributed by atoms with Crippen molar-refractivity contribution in [3.8, 4) is 0 Å². The Balaban J connectivity index is 1.99. The van der Waals surface area contributed by atoms with Gasteiger partial charge in [-0.3, -0.25) is 19.7 Å². The lowest BCUT2D eigenvalue weighted by Crippen LogP contribution is -2.35. The number of rotatable bonds is 3. The third-order valence-electron chi connectivity index (χ3n) is 3.27. The Morgan fingerprint density at radius 1 is 1.41 bits per heavy atom. The number of carbonyl (C=O) groups is 1. The first-order valence-electron chi connectivity index (χ1n) is 6.84. The van der Waals surface area contributed by atoms with Crippen LogP contribution in [0.4, 0.5) is 0 Å². The van der Waals surface area contributed by atoms with Gasteiger partial charge in [-0.15, -0.1) is 11.3 Å². The Bertz CT molecular complexity index is 921. The van der Waals surface area contributed by atoms with E-state index in [1.54, 1.807) is 29.9 Å². The van der Waals surface area contributed by atoms with Gasteiger partial charge >= 0.3 is 0 Å². The van der Waals surface area contributed by atoms with Crippen LogP contribution >= 0.6 is 11.3 Å². The van der Waals surface area contributed by atoms with Crippen molar-refractivity contribution in [2.24, 2.45) is 0 Å². The smallest absolute Gasteiger partial charge is 0.272 e. The molecule has 0 unspecified atom stereocenters. The van der Waals surface area contributed by atoms with Crippen molar-refractivity contribution in [1.29, 1.82) is 0 Å². The Hall–Kier alpha value is -2.48. The Kier molecular flexibility index (Phi) is 3.53. The summed E-state index contributed by atoms with van der Waals surface area (Å²) >= 11 is 1.46. The van der Waals surface area contributed by atoms with Crippen molar-refractivity contribution >= 4 is 27.5 Å². The first kappa shape index (κ1) is 14.5. The first-order chi connectivity index (χ1) is 10.5. The van der Waals surface area contributed by atoms with Gasteiger partial charge in [0.1, 0.15) is 10.7 Å². The second-order valence-corrected chi connectivity index (χ2v) is 6.11. The predicted octanol–water partition coefficient (Wildman–Crippen LogP) is 1.68. The van der Waals surface area contributed by atoms with Crippen molar-refractivity contribution in [3.63, 3.8) is 0 Å². The summed E-state index contributed by atoms with van der Waals surface area (Å²) in [5.74, 6) is -0.00637. The monoisotopic (exact) mass is 317 g/mol. The highest BCUT2D eigenvalue weighted by molar-refractivity contribution is 7.18. The normalized spacial score (nSPS) is 11.0. The van der Waals surface area contributed by atoms with Gasteiger partial charge in [-0.05, 0) is 32.9 Å². The van der Waals surface area contributed by atoms with E-state index >= 15 is 0 Å². The first-order valence-corrected chi connectivity index (χ1v) is 7.66. The fourth-order valence-electron chi connectivity index (χ4n) is 2.15. The maximum atomic E-state index is 12.5. The number of aryl methyl sites for hydroxylation is 3. The number of hydrogen-bond donors (Lipinski definition) is 1. The van der Waals surface area contributed by atoms with E-state index in [1.807, 2.05) is 13.8 Å². The molecule has 3 heterocycles. The third-order valence-corrected chi connectivity index (χ3v) is 4.21. The summed E-state index contributed by atoms with van der Waals surface area (Å²) in [6.07, 6.45) is 1.72. The summed E-state index contributed by atoms with van der Waals surface area (Å²) in [5, 5.41) is 4.63. The van der Waals surface area contributed by atoms with Crippen molar-refractivity contribution in [2.75, 3.05) is 5.43 Å². The molecule has 1 amide bonds. The summed E-state index contributed by atoms with van der Waals surface area (Å²) in [5.41, 5.74) is 2.54. The van der Waals surface area contributed by atoms with Gasteiger partial charge in [-0.25, -0.2) is 9.66 Å². The number of carbonyl (C=O) groups excluding carboxylic acids is 1. The number of hydrogen-bond acceptors (Lipinski definition) is 5. The highest BCUT2D eigenvalue weighted by Crippen LogP contribution is 2.20. The number of fused-ring (bicyclic) bond motifs is 1. The minimum atomic E-state index is -0.439. The molecule has 0 aliphatic heterocycles. The second-order valence-electron chi connectivity index (χ2n) is 4.87. The number of aromatic nitrogens is 4. The lowest BCUT2D eigenvalue weighted by molar-refractivity contribution is 0.100. The van der Waals surface area contributed by atoms with E-state index in [1.165, 1.54) is 16.0 Å². The predicted molar refractivity (Wildman–Crippen MR) is 84.9 cm³/mol. The molecule has 0 saturated heterocycles. The largest absolute Gasteiger partial charge is 0.290 e. The topological polar surface area (TPSA) is 81.8 Å². The summed E-state index contributed by atoms with van der Waals surface area (Å²) in [4.78, 5) is 30.7. The lowest BCUT2D eigenvalue weighted by Gasteiger charge is -2.09. The minimum absolute atomic E-state index is 0.259. The number of thiophene rings is 1. The molecule has 0 aromatic carbocycles. The Labute approximate surface area is 130 Å². The van der Waals surface area contributed by atoms with E-state index < -0.39 is 5.91 Å². The van der Waals surface area contributed by atoms with Crippen LogP contribution in [-0.2, 0) is 6.54 Å². The molecule has 7 nitrogen and oxygen atoms in total. The molecule has 3 aromatic rings. The van der Waals surface area contributed by atoms with Gasteiger partial charge in [-0.2, -0.15) is 5.10 Å². The summed E-state index contributed by atoms with van der Waals surface area (Å²) in [6, 6.07) is 3.39. The lowest BCUT2D eigenvalue weighted by atomic mass is 10.3. The molecule has 22 heavy (non-hydrogen) atoms. The zero-order chi connectivity index (χ0) is 15.9. The SMILES string of the molecule is CCn1ccc(C(=O)Nn2c(C)nc3sc(C)cc3c2=O)n1. The van der Waals surface area contributed by atoms with E-state index in [9.17, 15) is 9.59 Å². The maximum absolute atomic E-state index is 12.5. The van der Waals surface area contributed by atoms with Gasteiger partial charge in [0.15, 0.2) is 5.69 Å². The molecule has 3 aromatic heterocycles. The van der Waals surface area contributed by atoms with E-state index in [-0.39, 0.29) is 11.3 Å². The Morgan fingerprint density at radius 3 is 2.86 bits per heavy atom. The van der Waals surface area contributed by atoms with E-state index in [4.69, 9.17) is 0 Å². The van der Waals surface area contributed by atoms with Crippen LogP contribution in [0.3, 0.4) is 0 Å².